The minimum absolute atomic E-state index is 0.0766. The van der Waals surface area contributed by atoms with E-state index in [2.05, 4.69) is 12.2 Å². The molecule has 22 heavy (non-hydrogen) atoms. The molecule has 1 N–H and O–H groups in total. The molecular weight excluding hydrogens is 278 g/mol. The molecule has 1 aromatic carbocycles. The molecule has 0 bridgehead atoms. The molecule has 0 radical (unpaired) electrons. The van der Waals surface area contributed by atoms with Gasteiger partial charge in [0.15, 0.2) is 0 Å². The Morgan fingerprint density at radius 2 is 2.14 bits per heavy atom. The molecule has 0 aliphatic carbocycles. The number of rotatable bonds is 2. The smallest absolute Gasteiger partial charge is 0.322 e. The zero-order valence-electron chi connectivity index (χ0n) is 13.2. The van der Waals surface area contributed by atoms with Gasteiger partial charge in [0.05, 0.1) is 0 Å². The van der Waals surface area contributed by atoms with Crippen molar-refractivity contribution in [3.63, 3.8) is 0 Å². The van der Waals surface area contributed by atoms with E-state index in [1.165, 1.54) is 0 Å². The number of para-hydroxylation sites is 1. The average molecular weight is 301 g/mol. The van der Waals surface area contributed by atoms with Crippen LogP contribution in [0.3, 0.4) is 0 Å². The highest BCUT2D eigenvalue weighted by molar-refractivity contribution is 5.95. The van der Waals surface area contributed by atoms with Gasteiger partial charge in [-0.15, -0.1) is 0 Å². The van der Waals surface area contributed by atoms with Crippen LogP contribution in [0.25, 0.3) is 0 Å². The van der Waals surface area contributed by atoms with Gasteiger partial charge in [-0.05, 0) is 37.8 Å². The molecule has 3 rings (SSSR count). The second-order valence-corrected chi connectivity index (χ2v) is 6.10. The predicted molar refractivity (Wildman–Crippen MR) is 85.7 cm³/mol. The molecule has 3 amide bonds. The van der Waals surface area contributed by atoms with E-state index in [4.69, 9.17) is 0 Å². The van der Waals surface area contributed by atoms with Crippen LogP contribution in [0.1, 0.15) is 32.3 Å². The van der Waals surface area contributed by atoms with Crippen molar-refractivity contribution in [2.24, 2.45) is 0 Å². The summed E-state index contributed by atoms with van der Waals surface area (Å²) in [4.78, 5) is 28.6. The molecule has 2 saturated heterocycles. The maximum absolute atomic E-state index is 12.6. The SMILES string of the molecule is CCc1ccccc1NC(=O)N1C[C@@H]2CCCN2C(=O)[C@@H]1C. The van der Waals surface area contributed by atoms with Crippen molar-refractivity contribution >= 4 is 17.6 Å². The van der Waals surface area contributed by atoms with Crippen molar-refractivity contribution in [2.45, 2.75) is 45.2 Å². The van der Waals surface area contributed by atoms with E-state index in [-0.39, 0.29) is 24.0 Å². The monoisotopic (exact) mass is 301 g/mol. The number of hydrogen-bond acceptors (Lipinski definition) is 2. The second-order valence-electron chi connectivity index (χ2n) is 6.10. The first-order valence-electron chi connectivity index (χ1n) is 8.07. The van der Waals surface area contributed by atoms with E-state index in [1.807, 2.05) is 36.1 Å². The molecule has 5 nitrogen and oxygen atoms in total. The molecular formula is C17H23N3O2. The number of urea groups is 1. The third kappa shape index (κ3) is 2.56. The molecule has 118 valence electrons. The molecule has 0 spiro atoms. The Labute approximate surface area is 131 Å². The third-order valence-corrected chi connectivity index (χ3v) is 4.79. The lowest BCUT2D eigenvalue weighted by molar-refractivity contribution is -0.140. The van der Waals surface area contributed by atoms with Crippen LogP contribution in [0.2, 0.25) is 0 Å². The first-order valence-corrected chi connectivity index (χ1v) is 8.07. The van der Waals surface area contributed by atoms with Crippen molar-refractivity contribution < 1.29 is 9.59 Å². The summed E-state index contributed by atoms with van der Waals surface area (Å²) in [6.45, 7) is 5.35. The summed E-state index contributed by atoms with van der Waals surface area (Å²) in [5.41, 5.74) is 1.94. The molecule has 2 fully saturated rings. The largest absolute Gasteiger partial charge is 0.336 e. The molecule has 0 aromatic heterocycles. The predicted octanol–water partition coefficient (Wildman–Crippen LogP) is 2.48. The van der Waals surface area contributed by atoms with Crippen LogP contribution in [0, 0.1) is 0 Å². The van der Waals surface area contributed by atoms with Crippen molar-refractivity contribution in [1.29, 1.82) is 0 Å². The number of piperazine rings is 1. The number of fused-ring (bicyclic) bond motifs is 1. The van der Waals surface area contributed by atoms with E-state index in [9.17, 15) is 9.59 Å². The van der Waals surface area contributed by atoms with E-state index < -0.39 is 0 Å². The van der Waals surface area contributed by atoms with Crippen LogP contribution in [-0.4, -0.2) is 46.9 Å². The Morgan fingerprint density at radius 3 is 2.91 bits per heavy atom. The van der Waals surface area contributed by atoms with E-state index in [0.717, 1.165) is 37.1 Å². The van der Waals surface area contributed by atoms with Gasteiger partial charge in [-0.3, -0.25) is 4.79 Å². The first-order chi connectivity index (χ1) is 10.6. The normalized spacial score (nSPS) is 24.4. The van der Waals surface area contributed by atoms with Gasteiger partial charge in [0.25, 0.3) is 0 Å². The van der Waals surface area contributed by atoms with Crippen LogP contribution < -0.4 is 5.32 Å². The topological polar surface area (TPSA) is 52.7 Å². The van der Waals surface area contributed by atoms with Crippen LogP contribution in [0.5, 0.6) is 0 Å². The van der Waals surface area contributed by atoms with E-state index in [1.54, 1.807) is 4.90 Å². The minimum atomic E-state index is -0.386. The highest BCUT2D eigenvalue weighted by Crippen LogP contribution is 2.26. The summed E-state index contributed by atoms with van der Waals surface area (Å²) in [5, 5.41) is 2.98. The van der Waals surface area contributed by atoms with Crippen molar-refractivity contribution in [3.8, 4) is 0 Å². The first kappa shape index (κ1) is 14.9. The third-order valence-electron chi connectivity index (χ3n) is 4.79. The fraction of sp³-hybridized carbons (Fsp3) is 0.529. The second kappa shape index (κ2) is 5.99. The Balaban J connectivity index is 1.75. The van der Waals surface area contributed by atoms with Crippen molar-refractivity contribution in [2.75, 3.05) is 18.4 Å². The minimum Gasteiger partial charge on any atom is -0.336 e. The van der Waals surface area contributed by atoms with E-state index >= 15 is 0 Å². The van der Waals surface area contributed by atoms with Gasteiger partial charge in [0.1, 0.15) is 6.04 Å². The molecule has 5 heteroatoms. The number of amides is 3. The number of aryl methyl sites for hydroxylation is 1. The van der Waals surface area contributed by atoms with Gasteiger partial charge in [0, 0.05) is 24.8 Å². The Kier molecular flexibility index (Phi) is 4.05. The number of anilines is 1. The number of benzene rings is 1. The summed E-state index contributed by atoms with van der Waals surface area (Å²) in [6.07, 6.45) is 2.90. The average Bonchev–Trinajstić information content (AvgIpc) is 3.00. The fourth-order valence-corrected chi connectivity index (χ4v) is 3.47. The zero-order chi connectivity index (χ0) is 15.7. The number of carbonyl (C=O) groups is 2. The zero-order valence-corrected chi connectivity index (χ0v) is 13.2. The highest BCUT2D eigenvalue weighted by atomic mass is 16.2. The van der Waals surface area contributed by atoms with Crippen LogP contribution >= 0.6 is 0 Å². The van der Waals surface area contributed by atoms with Gasteiger partial charge < -0.3 is 15.1 Å². The van der Waals surface area contributed by atoms with E-state index in [0.29, 0.717) is 6.54 Å². The van der Waals surface area contributed by atoms with Gasteiger partial charge >= 0.3 is 6.03 Å². The number of nitrogens with zero attached hydrogens (tertiary/aromatic N) is 2. The fourth-order valence-electron chi connectivity index (χ4n) is 3.47. The lowest BCUT2D eigenvalue weighted by Gasteiger charge is -2.41. The van der Waals surface area contributed by atoms with Gasteiger partial charge in [-0.2, -0.15) is 0 Å². The number of hydrogen-bond donors (Lipinski definition) is 1. The Morgan fingerprint density at radius 1 is 1.36 bits per heavy atom. The van der Waals surface area contributed by atoms with Crippen LogP contribution in [0.15, 0.2) is 24.3 Å². The molecule has 0 saturated carbocycles. The Hall–Kier alpha value is -2.04. The summed E-state index contributed by atoms with van der Waals surface area (Å²) >= 11 is 0. The quantitative estimate of drug-likeness (QED) is 0.912. The summed E-state index contributed by atoms with van der Waals surface area (Å²) in [5.74, 6) is 0.0766. The number of carbonyl (C=O) groups excluding carboxylic acids is 2. The van der Waals surface area contributed by atoms with Gasteiger partial charge in [0.2, 0.25) is 5.91 Å². The Bertz CT molecular complexity index is 587. The van der Waals surface area contributed by atoms with Crippen LogP contribution in [0.4, 0.5) is 10.5 Å². The number of nitrogens with one attached hydrogen (secondary N) is 1. The lowest BCUT2D eigenvalue weighted by atomic mass is 10.1. The summed E-state index contributed by atoms with van der Waals surface area (Å²) < 4.78 is 0. The van der Waals surface area contributed by atoms with Crippen molar-refractivity contribution in [1.82, 2.24) is 9.80 Å². The molecule has 2 atom stereocenters. The van der Waals surface area contributed by atoms with Crippen LogP contribution in [-0.2, 0) is 11.2 Å². The van der Waals surface area contributed by atoms with Gasteiger partial charge in [-0.25, -0.2) is 4.79 Å². The van der Waals surface area contributed by atoms with Gasteiger partial charge in [-0.1, -0.05) is 25.1 Å². The maximum Gasteiger partial charge on any atom is 0.322 e. The standard InChI is InChI=1S/C17H23N3O2/c1-3-13-7-4-5-9-15(13)18-17(22)20-11-14-8-6-10-19(14)16(21)12(20)2/h4-5,7,9,12,14H,3,6,8,10-11H2,1-2H3,(H,18,22)/t12-,14-/m0/s1. The lowest BCUT2D eigenvalue weighted by Crippen LogP contribution is -2.60. The van der Waals surface area contributed by atoms with Crippen molar-refractivity contribution in [3.05, 3.63) is 29.8 Å². The highest BCUT2D eigenvalue weighted by Gasteiger charge is 2.42. The molecule has 0 unspecified atom stereocenters. The molecule has 2 aliphatic heterocycles. The summed E-state index contributed by atoms with van der Waals surface area (Å²) in [6, 6.07) is 7.44. The maximum atomic E-state index is 12.6. The summed E-state index contributed by atoms with van der Waals surface area (Å²) in [7, 11) is 0. The molecule has 1 aromatic rings. The molecule has 2 heterocycles. The molecule has 2 aliphatic rings.